The van der Waals surface area contributed by atoms with Crippen molar-refractivity contribution in [2.24, 2.45) is 5.92 Å². The minimum absolute atomic E-state index is 0.0180. The van der Waals surface area contributed by atoms with Gasteiger partial charge in [-0.1, -0.05) is 13.8 Å². The molecule has 1 saturated heterocycles. The lowest BCUT2D eigenvalue weighted by molar-refractivity contribution is -0.120. The number of carbonyl (C=O) groups is 2. The van der Waals surface area contributed by atoms with Crippen molar-refractivity contribution in [1.29, 1.82) is 0 Å². The summed E-state index contributed by atoms with van der Waals surface area (Å²) in [4.78, 5) is 38.7. The summed E-state index contributed by atoms with van der Waals surface area (Å²) in [5.41, 5.74) is 4.87. The van der Waals surface area contributed by atoms with Crippen LogP contribution in [0.2, 0.25) is 0 Å². The van der Waals surface area contributed by atoms with Gasteiger partial charge >= 0.3 is 0 Å². The molecule has 2 aliphatic rings. The molecule has 3 heterocycles. The quantitative estimate of drug-likeness (QED) is 0.468. The predicted molar refractivity (Wildman–Crippen MR) is 145 cm³/mol. The van der Waals surface area contributed by atoms with Crippen LogP contribution in [-0.2, 0) is 4.79 Å². The van der Waals surface area contributed by atoms with E-state index in [1.807, 2.05) is 6.92 Å². The van der Waals surface area contributed by atoms with Crippen LogP contribution in [-0.4, -0.2) is 80.1 Å². The average molecular weight is 511 g/mol. The molecule has 0 spiro atoms. The Hall–Kier alpha value is -3.44. The highest BCUT2D eigenvalue weighted by Gasteiger charge is 2.36. The summed E-state index contributed by atoms with van der Waals surface area (Å²) in [6, 6.07) is 4.90. The average Bonchev–Trinajstić information content (AvgIpc) is 2.93. The SMILES string of the molecule is CCC1C(=O)N(C)c2cnc(Nc3ccc(C(=O)NCC4CCN(CC)CC4)cc3OC)nc2N1NC. The topological polar surface area (TPSA) is 115 Å². The molecular formula is C26H38N8O3. The number of likely N-dealkylation sites (N-methyl/N-ethyl adjacent to an activating group) is 1. The molecule has 11 heteroatoms. The molecule has 2 amide bonds. The third-order valence-corrected chi connectivity index (χ3v) is 7.31. The first kappa shape index (κ1) is 26.6. The summed E-state index contributed by atoms with van der Waals surface area (Å²) >= 11 is 0. The Morgan fingerprint density at radius 2 is 1.97 bits per heavy atom. The molecule has 3 N–H and O–H groups in total. The Bertz CT molecular complexity index is 1120. The number of benzene rings is 1. The fourth-order valence-electron chi connectivity index (χ4n) is 4.96. The number of amides is 2. The van der Waals surface area contributed by atoms with Crippen molar-refractivity contribution < 1.29 is 14.3 Å². The summed E-state index contributed by atoms with van der Waals surface area (Å²) in [5, 5.41) is 8.04. The maximum Gasteiger partial charge on any atom is 0.251 e. The Balaban J connectivity index is 1.46. The summed E-state index contributed by atoms with van der Waals surface area (Å²) in [5.74, 6) is 1.84. The van der Waals surface area contributed by atoms with E-state index in [9.17, 15) is 9.59 Å². The van der Waals surface area contributed by atoms with Gasteiger partial charge in [-0.05, 0) is 63.0 Å². The maximum atomic E-state index is 12.8. The highest BCUT2D eigenvalue weighted by molar-refractivity contribution is 6.04. The van der Waals surface area contributed by atoms with Crippen molar-refractivity contribution in [1.82, 2.24) is 25.6 Å². The van der Waals surface area contributed by atoms with E-state index in [1.165, 1.54) is 0 Å². The standard InChI is InChI=1S/C26H38N8O3/c1-6-20-25(36)32(4)21-16-29-26(31-23(21)34(20)27-3)30-19-9-8-18(14-22(19)37-5)24(35)28-15-17-10-12-33(7-2)13-11-17/h8-9,14,16-17,20,27H,6-7,10-13,15H2,1-5H3,(H,28,35)(H,29,30,31). The van der Waals surface area contributed by atoms with Crippen molar-refractivity contribution in [3.8, 4) is 5.75 Å². The molecule has 1 fully saturated rings. The number of likely N-dealkylation sites (tertiary alicyclic amines) is 1. The number of hydrogen-bond donors (Lipinski definition) is 3. The molecule has 2 aliphatic heterocycles. The van der Waals surface area contributed by atoms with E-state index in [1.54, 1.807) is 55.5 Å². The molecule has 1 unspecified atom stereocenters. The number of rotatable bonds is 9. The highest BCUT2D eigenvalue weighted by atomic mass is 16.5. The number of methoxy groups -OCH3 is 1. The maximum absolute atomic E-state index is 12.8. The predicted octanol–water partition coefficient (Wildman–Crippen LogP) is 2.39. The summed E-state index contributed by atoms with van der Waals surface area (Å²) < 4.78 is 5.57. The molecule has 1 aromatic heterocycles. The smallest absolute Gasteiger partial charge is 0.251 e. The number of ether oxygens (including phenoxy) is 1. The van der Waals surface area contributed by atoms with Gasteiger partial charge in [-0.15, -0.1) is 0 Å². The molecule has 1 aromatic carbocycles. The van der Waals surface area contributed by atoms with Gasteiger partial charge in [0.25, 0.3) is 11.8 Å². The molecule has 0 bridgehead atoms. The number of nitrogens with zero attached hydrogens (tertiary/aromatic N) is 5. The third kappa shape index (κ3) is 5.62. The molecule has 11 nitrogen and oxygen atoms in total. The number of hydrogen-bond acceptors (Lipinski definition) is 9. The second-order valence-electron chi connectivity index (χ2n) is 9.45. The van der Waals surface area contributed by atoms with Gasteiger partial charge in [0.2, 0.25) is 5.95 Å². The lowest BCUT2D eigenvalue weighted by Crippen LogP contribution is -2.56. The molecule has 0 saturated carbocycles. The van der Waals surface area contributed by atoms with Gasteiger partial charge in [-0.25, -0.2) is 10.4 Å². The zero-order valence-corrected chi connectivity index (χ0v) is 22.4. The van der Waals surface area contributed by atoms with Gasteiger partial charge in [0, 0.05) is 26.2 Å². The van der Waals surface area contributed by atoms with Crippen molar-refractivity contribution in [2.45, 2.75) is 39.2 Å². The Morgan fingerprint density at radius 1 is 1.22 bits per heavy atom. The highest BCUT2D eigenvalue weighted by Crippen LogP contribution is 2.35. The zero-order valence-electron chi connectivity index (χ0n) is 22.4. The van der Waals surface area contributed by atoms with E-state index in [4.69, 9.17) is 4.74 Å². The minimum Gasteiger partial charge on any atom is -0.495 e. The van der Waals surface area contributed by atoms with Gasteiger partial charge in [-0.2, -0.15) is 4.98 Å². The van der Waals surface area contributed by atoms with Crippen LogP contribution in [0.15, 0.2) is 24.4 Å². The lowest BCUT2D eigenvalue weighted by atomic mass is 9.96. The summed E-state index contributed by atoms with van der Waals surface area (Å²) in [6.45, 7) is 8.09. The second kappa shape index (κ2) is 11.7. The number of anilines is 4. The molecule has 4 rings (SSSR count). The Labute approximate surface area is 218 Å². The van der Waals surface area contributed by atoms with Crippen LogP contribution < -0.4 is 30.7 Å². The molecule has 1 atom stereocenters. The van der Waals surface area contributed by atoms with Crippen molar-refractivity contribution in [2.75, 3.05) is 62.6 Å². The van der Waals surface area contributed by atoms with Crippen molar-refractivity contribution in [3.05, 3.63) is 30.0 Å². The van der Waals surface area contributed by atoms with Gasteiger partial charge in [0.1, 0.15) is 17.5 Å². The number of aromatic nitrogens is 2. The van der Waals surface area contributed by atoms with Crippen LogP contribution >= 0.6 is 0 Å². The summed E-state index contributed by atoms with van der Waals surface area (Å²) in [6.07, 6.45) is 4.47. The van der Waals surface area contributed by atoms with E-state index < -0.39 is 0 Å². The number of fused-ring (bicyclic) bond motifs is 1. The van der Waals surface area contributed by atoms with Crippen molar-refractivity contribution >= 4 is 35.0 Å². The van der Waals surface area contributed by atoms with Gasteiger partial charge in [0.15, 0.2) is 5.82 Å². The van der Waals surface area contributed by atoms with Crippen LogP contribution in [0.1, 0.15) is 43.5 Å². The Kier molecular flexibility index (Phi) is 8.45. The minimum atomic E-state index is -0.364. The van der Waals surface area contributed by atoms with Crippen LogP contribution in [0.4, 0.5) is 23.1 Å². The zero-order chi connectivity index (χ0) is 26.5. The fourth-order valence-corrected chi connectivity index (χ4v) is 4.96. The van der Waals surface area contributed by atoms with E-state index in [2.05, 4.69) is 37.9 Å². The van der Waals surface area contributed by atoms with Gasteiger partial charge in [-0.3, -0.25) is 14.6 Å². The normalized spacial score (nSPS) is 18.5. The third-order valence-electron chi connectivity index (χ3n) is 7.31. The molecule has 2 aromatic rings. The van der Waals surface area contributed by atoms with Crippen LogP contribution in [0.25, 0.3) is 0 Å². The van der Waals surface area contributed by atoms with Crippen LogP contribution in [0, 0.1) is 5.92 Å². The van der Waals surface area contributed by atoms with Crippen LogP contribution in [0.3, 0.4) is 0 Å². The molecule has 0 radical (unpaired) electrons. The van der Waals surface area contributed by atoms with Gasteiger partial charge < -0.3 is 25.2 Å². The molecule has 0 aliphatic carbocycles. The largest absolute Gasteiger partial charge is 0.495 e. The fraction of sp³-hybridized carbons (Fsp3) is 0.538. The number of piperidine rings is 1. The number of nitrogens with one attached hydrogen (secondary N) is 3. The summed E-state index contributed by atoms with van der Waals surface area (Å²) in [7, 11) is 5.06. The van der Waals surface area contributed by atoms with Crippen LogP contribution in [0.5, 0.6) is 5.75 Å². The monoisotopic (exact) mass is 510 g/mol. The number of hydrazine groups is 1. The first-order chi connectivity index (χ1) is 17.9. The van der Waals surface area contributed by atoms with E-state index in [0.29, 0.717) is 53.3 Å². The van der Waals surface area contributed by atoms with E-state index >= 15 is 0 Å². The molecular weight excluding hydrogens is 472 g/mol. The first-order valence-corrected chi connectivity index (χ1v) is 13.0. The van der Waals surface area contributed by atoms with E-state index in [-0.39, 0.29) is 17.9 Å². The first-order valence-electron chi connectivity index (χ1n) is 13.0. The van der Waals surface area contributed by atoms with Gasteiger partial charge in [0.05, 0.1) is 19.0 Å². The molecule has 200 valence electrons. The van der Waals surface area contributed by atoms with Crippen molar-refractivity contribution in [3.63, 3.8) is 0 Å². The second-order valence-corrected chi connectivity index (χ2v) is 9.45. The molecule has 37 heavy (non-hydrogen) atoms. The Morgan fingerprint density at radius 3 is 2.62 bits per heavy atom. The number of carbonyl (C=O) groups excluding carboxylic acids is 2. The lowest BCUT2D eigenvalue weighted by Gasteiger charge is -2.39. The van der Waals surface area contributed by atoms with E-state index in [0.717, 1.165) is 32.5 Å².